The maximum Gasteiger partial charge on any atom is 0.330 e. The van der Waals surface area contributed by atoms with E-state index in [0.29, 0.717) is 0 Å². The number of rotatable bonds is 8. The summed E-state index contributed by atoms with van der Waals surface area (Å²) in [6.07, 6.45) is -3.61. The van der Waals surface area contributed by atoms with Gasteiger partial charge in [0.05, 0.1) is 6.04 Å². The molecule has 1 heterocycles. The molecular formula is C9H13F4N3O3. The Morgan fingerprint density at radius 3 is 2.68 bits per heavy atom. The highest BCUT2D eigenvalue weighted by Crippen LogP contribution is 2.23. The van der Waals surface area contributed by atoms with Crippen LogP contribution in [0.15, 0.2) is 4.52 Å². The van der Waals surface area contributed by atoms with Gasteiger partial charge in [0.2, 0.25) is 5.89 Å². The number of nitrogens with two attached hydrogens (primary N) is 1. The summed E-state index contributed by atoms with van der Waals surface area (Å²) in [6, 6.07) is -0.686. The van der Waals surface area contributed by atoms with Gasteiger partial charge in [-0.1, -0.05) is 5.16 Å². The Morgan fingerprint density at radius 1 is 1.42 bits per heavy atom. The summed E-state index contributed by atoms with van der Waals surface area (Å²) < 4.78 is 57.7. The molecule has 0 aliphatic heterocycles. The molecule has 6 nitrogen and oxygen atoms in total. The van der Waals surface area contributed by atoms with Crippen LogP contribution >= 0.6 is 0 Å². The number of nitrogens with zero attached hydrogens (tertiary/aromatic N) is 2. The van der Waals surface area contributed by atoms with E-state index in [4.69, 9.17) is 15.4 Å². The predicted octanol–water partition coefficient (Wildman–Crippen LogP) is 0.869. The van der Waals surface area contributed by atoms with Crippen molar-refractivity contribution in [2.45, 2.75) is 31.4 Å². The zero-order chi connectivity index (χ0) is 14.5. The fraction of sp³-hybridized carbons (Fsp3) is 0.778. The lowest BCUT2D eigenvalue weighted by Crippen LogP contribution is -2.32. The SMILES string of the molecule is NC(CCO)c1nc(COCC(F)(F)C(F)F)no1. The van der Waals surface area contributed by atoms with Gasteiger partial charge < -0.3 is 20.1 Å². The van der Waals surface area contributed by atoms with Crippen LogP contribution in [-0.4, -0.2) is 40.8 Å². The largest absolute Gasteiger partial charge is 0.396 e. The van der Waals surface area contributed by atoms with Crippen molar-refractivity contribution < 1.29 is 31.9 Å². The van der Waals surface area contributed by atoms with E-state index in [1.807, 2.05) is 0 Å². The molecular weight excluding hydrogens is 274 g/mol. The summed E-state index contributed by atoms with van der Waals surface area (Å²) in [4.78, 5) is 3.72. The second kappa shape index (κ2) is 6.78. The van der Waals surface area contributed by atoms with E-state index in [9.17, 15) is 17.6 Å². The third-order valence-corrected chi connectivity index (χ3v) is 2.09. The van der Waals surface area contributed by atoms with Gasteiger partial charge in [-0.25, -0.2) is 8.78 Å². The molecule has 0 saturated carbocycles. The monoisotopic (exact) mass is 287 g/mol. The Labute approximate surface area is 105 Å². The van der Waals surface area contributed by atoms with Crippen molar-refractivity contribution >= 4 is 0 Å². The Kier molecular flexibility index (Phi) is 5.63. The first-order valence-electron chi connectivity index (χ1n) is 5.29. The van der Waals surface area contributed by atoms with Crippen LogP contribution < -0.4 is 5.73 Å². The number of aliphatic hydroxyl groups excluding tert-OH is 1. The molecule has 110 valence electrons. The molecule has 3 N–H and O–H groups in total. The van der Waals surface area contributed by atoms with Crippen LogP contribution in [0.25, 0.3) is 0 Å². The van der Waals surface area contributed by atoms with E-state index in [0.717, 1.165) is 0 Å². The molecule has 1 rings (SSSR count). The topological polar surface area (TPSA) is 94.4 Å². The predicted molar refractivity (Wildman–Crippen MR) is 53.5 cm³/mol. The molecule has 19 heavy (non-hydrogen) atoms. The van der Waals surface area contributed by atoms with Crippen LogP contribution in [0.5, 0.6) is 0 Å². The molecule has 1 atom stereocenters. The Bertz CT molecular complexity index is 389. The lowest BCUT2D eigenvalue weighted by molar-refractivity contribution is -0.168. The molecule has 0 aliphatic rings. The summed E-state index contributed by atoms with van der Waals surface area (Å²) in [5.41, 5.74) is 5.54. The van der Waals surface area contributed by atoms with Crippen LogP contribution in [0.4, 0.5) is 17.6 Å². The van der Waals surface area contributed by atoms with Crippen molar-refractivity contribution in [2.24, 2.45) is 5.73 Å². The molecule has 0 radical (unpaired) electrons. The number of halogens is 4. The first-order valence-corrected chi connectivity index (χ1v) is 5.29. The van der Waals surface area contributed by atoms with Gasteiger partial charge in [0, 0.05) is 6.61 Å². The normalized spacial score (nSPS) is 14.1. The first-order chi connectivity index (χ1) is 8.86. The average molecular weight is 287 g/mol. The standard InChI is InChI=1S/C9H13F4N3O3/c10-8(11)9(12,13)4-18-3-6-15-7(19-16-6)5(14)1-2-17/h5,8,17H,1-4,14H2. The minimum atomic E-state index is -4.22. The number of hydrogen-bond acceptors (Lipinski definition) is 6. The number of aromatic nitrogens is 2. The zero-order valence-electron chi connectivity index (χ0n) is 9.73. The van der Waals surface area contributed by atoms with Crippen molar-refractivity contribution in [3.8, 4) is 0 Å². The molecule has 1 unspecified atom stereocenters. The molecule has 0 aromatic carbocycles. The quantitative estimate of drug-likeness (QED) is 0.689. The smallest absolute Gasteiger partial charge is 0.330 e. The Balaban J connectivity index is 2.42. The maximum atomic E-state index is 12.5. The molecule has 0 bridgehead atoms. The fourth-order valence-electron chi connectivity index (χ4n) is 1.08. The molecule has 0 spiro atoms. The average Bonchev–Trinajstić information content (AvgIpc) is 2.77. The highest BCUT2D eigenvalue weighted by molar-refractivity contribution is 4.90. The molecule has 0 amide bonds. The third-order valence-electron chi connectivity index (χ3n) is 2.09. The number of aliphatic hydroxyl groups is 1. The van der Waals surface area contributed by atoms with Crippen molar-refractivity contribution in [3.05, 3.63) is 11.7 Å². The van der Waals surface area contributed by atoms with Crippen molar-refractivity contribution in [1.82, 2.24) is 10.1 Å². The Morgan fingerprint density at radius 2 is 2.11 bits per heavy atom. The second-order valence-electron chi connectivity index (χ2n) is 3.72. The van der Waals surface area contributed by atoms with Crippen LogP contribution in [0.1, 0.15) is 24.2 Å². The van der Waals surface area contributed by atoms with E-state index < -0.39 is 31.6 Å². The van der Waals surface area contributed by atoms with E-state index in [1.54, 1.807) is 0 Å². The second-order valence-corrected chi connectivity index (χ2v) is 3.72. The first kappa shape index (κ1) is 15.8. The molecule has 1 aromatic heterocycles. The zero-order valence-corrected chi connectivity index (χ0v) is 9.73. The minimum Gasteiger partial charge on any atom is -0.396 e. The van der Waals surface area contributed by atoms with Crippen LogP contribution in [0.2, 0.25) is 0 Å². The highest BCUT2D eigenvalue weighted by Gasteiger charge is 2.41. The van der Waals surface area contributed by atoms with Crippen LogP contribution in [-0.2, 0) is 11.3 Å². The number of alkyl halides is 4. The van der Waals surface area contributed by atoms with E-state index in [-0.39, 0.29) is 24.7 Å². The summed E-state index contributed by atoms with van der Waals surface area (Å²) >= 11 is 0. The summed E-state index contributed by atoms with van der Waals surface area (Å²) in [6.45, 7) is -2.13. The molecule has 1 aromatic rings. The van der Waals surface area contributed by atoms with Crippen molar-refractivity contribution in [2.75, 3.05) is 13.2 Å². The van der Waals surface area contributed by atoms with E-state index in [1.165, 1.54) is 0 Å². The lowest BCUT2D eigenvalue weighted by atomic mass is 10.2. The molecule has 10 heteroatoms. The summed E-state index contributed by atoms with van der Waals surface area (Å²) in [7, 11) is 0. The Hall–Kier alpha value is -1.26. The number of ether oxygens (including phenoxy) is 1. The maximum absolute atomic E-state index is 12.5. The van der Waals surface area contributed by atoms with Gasteiger partial charge in [-0.15, -0.1) is 0 Å². The fourth-order valence-corrected chi connectivity index (χ4v) is 1.08. The highest BCUT2D eigenvalue weighted by atomic mass is 19.3. The van der Waals surface area contributed by atoms with Gasteiger partial charge in [-0.05, 0) is 6.42 Å². The van der Waals surface area contributed by atoms with Gasteiger partial charge in [0.15, 0.2) is 5.82 Å². The van der Waals surface area contributed by atoms with Gasteiger partial charge in [-0.2, -0.15) is 13.8 Å². The van der Waals surface area contributed by atoms with Crippen molar-refractivity contribution in [1.29, 1.82) is 0 Å². The summed E-state index contributed by atoms with van der Waals surface area (Å²) in [5, 5.41) is 12.0. The molecule has 0 aliphatic carbocycles. The lowest BCUT2D eigenvalue weighted by Gasteiger charge is -2.14. The van der Waals surface area contributed by atoms with Gasteiger partial charge in [0.1, 0.15) is 13.2 Å². The van der Waals surface area contributed by atoms with Gasteiger partial charge >= 0.3 is 12.3 Å². The van der Waals surface area contributed by atoms with Gasteiger partial charge in [0.25, 0.3) is 0 Å². The van der Waals surface area contributed by atoms with E-state index in [2.05, 4.69) is 14.9 Å². The van der Waals surface area contributed by atoms with Gasteiger partial charge in [-0.3, -0.25) is 0 Å². The third kappa shape index (κ3) is 4.73. The molecule has 0 fully saturated rings. The van der Waals surface area contributed by atoms with Crippen molar-refractivity contribution in [3.63, 3.8) is 0 Å². The van der Waals surface area contributed by atoms with Crippen LogP contribution in [0.3, 0.4) is 0 Å². The minimum absolute atomic E-state index is 0.00766. The van der Waals surface area contributed by atoms with E-state index >= 15 is 0 Å². The van der Waals surface area contributed by atoms with Crippen LogP contribution in [0, 0.1) is 0 Å². The summed E-state index contributed by atoms with van der Waals surface area (Å²) in [5.74, 6) is -4.30. The number of hydrogen-bond donors (Lipinski definition) is 2. The molecule has 0 saturated heterocycles.